The van der Waals surface area contributed by atoms with Crippen LogP contribution >= 0.6 is 11.6 Å². The molecule has 2 rings (SSSR count). The van der Waals surface area contributed by atoms with Crippen molar-refractivity contribution >= 4 is 23.5 Å². The van der Waals surface area contributed by atoms with E-state index in [2.05, 4.69) is 45.5 Å². The molecule has 0 bridgehead atoms. The van der Waals surface area contributed by atoms with Gasteiger partial charge in [-0.05, 0) is 50.6 Å². The van der Waals surface area contributed by atoms with Gasteiger partial charge in [0, 0.05) is 26.2 Å². The number of nitrogens with zero attached hydrogens (tertiary/aromatic N) is 5. The zero-order chi connectivity index (χ0) is 14.5. The number of aromatic nitrogens is 3. The largest absolute Gasteiger partial charge is 0.341 e. The lowest BCUT2D eigenvalue weighted by Gasteiger charge is -2.23. The molecule has 1 aliphatic heterocycles. The van der Waals surface area contributed by atoms with Crippen molar-refractivity contribution in [3.8, 4) is 0 Å². The molecule has 0 spiro atoms. The minimum Gasteiger partial charge on any atom is -0.341 e. The molecule has 0 saturated carbocycles. The highest BCUT2D eigenvalue weighted by Crippen LogP contribution is 2.22. The van der Waals surface area contributed by atoms with Gasteiger partial charge < -0.3 is 9.80 Å². The van der Waals surface area contributed by atoms with Crippen LogP contribution in [0.2, 0.25) is 5.28 Å². The Hall–Kier alpha value is -1.10. The van der Waals surface area contributed by atoms with E-state index in [1.165, 1.54) is 19.3 Å². The molecule has 1 aromatic rings. The molecule has 1 aromatic heterocycles. The monoisotopic (exact) mass is 297 g/mol. The average Bonchev–Trinajstić information content (AvgIpc) is 2.64. The van der Waals surface area contributed by atoms with Gasteiger partial charge in [0.1, 0.15) is 0 Å². The lowest BCUT2D eigenvalue weighted by Crippen LogP contribution is -2.29. The van der Waals surface area contributed by atoms with E-state index in [4.69, 9.17) is 11.6 Å². The smallest absolute Gasteiger partial charge is 0.231 e. The summed E-state index contributed by atoms with van der Waals surface area (Å²) in [6, 6.07) is 0. The van der Waals surface area contributed by atoms with E-state index in [-0.39, 0.29) is 5.28 Å². The summed E-state index contributed by atoms with van der Waals surface area (Å²) in [7, 11) is 0. The highest BCUT2D eigenvalue weighted by atomic mass is 35.5. The summed E-state index contributed by atoms with van der Waals surface area (Å²) in [5.41, 5.74) is 0. The van der Waals surface area contributed by atoms with Crippen LogP contribution in [-0.4, -0.2) is 41.1 Å². The van der Waals surface area contributed by atoms with Crippen LogP contribution in [0.5, 0.6) is 0 Å². The Bertz CT molecular complexity index is 436. The van der Waals surface area contributed by atoms with Crippen LogP contribution in [0.25, 0.3) is 0 Å². The molecule has 5 nitrogen and oxygen atoms in total. The summed E-state index contributed by atoms with van der Waals surface area (Å²) in [5, 5.41) is 0.286. The molecule has 1 saturated heterocycles. The maximum atomic E-state index is 6.08. The van der Waals surface area contributed by atoms with Crippen LogP contribution in [-0.2, 0) is 0 Å². The molecule has 1 aliphatic rings. The summed E-state index contributed by atoms with van der Waals surface area (Å²) >= 11 is 6.08. The van der Waals surface area contributed by atoms with Gasteiger partial charge in [-0.3, -0.25) is 0 Å². The van der Waals surface area contributed by atoms with Crippen LogP contribution in [0.15, 0.2) is 0 Å². The van der Waals surface area contributed by atoms with Crippen LogP contribution < -0.4 is 9.80 Å². The van der Waals surface area contributed by atoms with Crippen molar-refractivity contribution in [2.24, 2.45) is 5.92 Å². The molecule has 20 heavy (non-hydrogen) atoms. The van der Waals surface area contributed by atoms with E-state index in [0.717, 1.165) is 38.0 Å². The highest BCUT2D eigenvalue weighted by Gasteiger charge is 2.18. The summed E-state index contributed by atoms with van der Waals surface area (Å²) in [6.07, 6.45) is 3.65. The molecule has 0 aromatic carbocycles. The lowest BCUT2D eigenvalue weighted by molar-refractivity contribution is 0.521. The van der Waals surface area contributed by atoms with Gasteiger partial charge in [0.25, 0.3) is 0 Å². The number of hydrogen-bond acceptors (Lipinski definition) is 5. The van der Waals surface area contributed by atoms with Crippen molar-refractivity contribution in [2.75, 3.05) is 36.0 Å². The Morgan fingerprint density at radius 1 is 1.15 bits per heavy atom. The fraction of sp³-hybridized carbons (Fsp3) is 0.786. The summed E-state index contributed by atoms with van der Waals surface area (Å²) in [4.78, 5) is 17.5. The molecule has 0 aliphatic carbocycles. The van der Waals surface area contributed by atoms with Gasteiger partial charge in [-0.1, -0.05) is 6.92 Å². The van der Waals surface area contributed by atoms with Crippen molar-refractivity contribution in [3.63, 3.8) is 0 Å². The fourth-order valence-corrected chi connectivity index (χ4v) is 2.73. The zero-order valence-electron chi connectivity index (χ0n) is 12.6. The summed E-state index contributed by atoms with van der Waals surface area (Å²) in [5.74, 6) is 2.18. The number of rotatable bonds is 4. The Kier molecular flexibility index (Phi) is 5.40. The molecule has 2 heterocycles. The van der Waals surface area contributed by atoms with Crippen LogP contribution in [0.1, 0.15) is 40.0 Å². The Morgan fingerprint density at radius 3 is 2.60 bits per heavy atom. The zero-order valence-corrected chi connectivity index (χ0v) is 13.4. The Morgan fingerprint density at radius 2 is 1.90 bits per heavy atom. The molecular formula is C14H24ClN5. The molecule has 0 amide bonds. The molecule has 6 heteroatoms. The van der Waals surface area contributed by atoms with Crippen molar-refractivity contribution < 1.29 is 0 Å². The van der Waals surface area contributed by atoms with Crippen molar-refractivity contribution in [3.05, 3.63) is 5.28 Å². The second-order valence-electron chi connectivity index (χ2n) is 5.40. The van der Waals surface area contributed by atoms with E-state index in [1.807, 2.05) is 0 Å². The predicted octanol–water partition coefficient (Wildman–Crippen LogP) is 3.00. The third kappa shape index (κ3) is 3.72. The average molecular weight is 298 g/mol. The van der Waals surface area contributed by atoms with Crippen molar-refractivity contribution in [2.45, 2.75) is 40.0 Å². The van der Waals surface area contributed by atoms with Crippen LogP contribution in [0, 0.1) is 5.92 Å². The predicted molar refractivity (Wildman–Crippen MR) is 83.6 cm³/mol. The van der Waals surface area contributed by atoms with E-state index in [1.54, 1.807) is 0 Å². The maximum Gasteiger partial charge on any atom is 0.231 e. The normalized spacial score (nSPS) is 19.8. The minimum absolute atomic E-state index is 0.286. The molecule has 1 atom stereocenters. The molecule has 1 fully saturated rings. The van der Waals surface area contributed by atoms with Gasteiger partial charge in [0.05, 0.1) is 0 Å². The third-order valence-corrected chi connectivity index (χ3v) is 4.10. The van der Waals surface area contributed by atoms with Gasteiger partial charge in [0.15, 0.2) is 0 Å². The first-order valence-electron chi connectivity index (χ1n) is 7.55. The van der Waals surface area contributed by atoms with Gasteiger partial charge >= 0.3 is 0 Å². The van der Waals surface area contributed by atoms with E-state index in [9.17, 15) is 0 Å². The van der Waals surface area contributed by atoms with Gasteiger partial charge in [-0.25, -0.2) is 0 Å². The molecule has 1 unspecified atom stereocenters. The quantitative estimate of drug-likeness (QED) is 0.855. The molecule has 112 valence electrons. The molecular weight excluding hydrogens is 274 g/mol. The Balaban J connectivity index is 2.22. The van der Waals surface area contributed by atoms with Crippen LogP contribution in [0.3, 0.4) is 0 Å². The number of hydrogen-bond donors (Lipinski definition) is 0. The standard InChI is InChI=1S/C14H24ClN5/c1-4-19(5-2)13-16-12(15)17-14(18-13)20-9-6-7-11(3)8-10-20/h11H,4-10H2,1-3H3. The first-order chi connectivity index (χ1) is 9.63. The van der Waals surface area contributed by atoms with Gasteiger partial charge in [-0.15, -0.1) is 0 Å². The maximum absolute atomic E-state index is 6.08. The highest BCUT2D eigenvalue weighted by molar-refractivity contribution is 6.28. The second-order valence-corrected chi connectivity index (χ2v) is 5.74. The lowest BCUT2D eigenvalue weighted by atomic mass is 10.0. The van der Waals surface area contributed by atoms with Crippen molar-refractivity contribution in [1.82, 2.24) is 15.0 Å². The van der Waals surface area contributed by atoms with E-state index in [0.29, 0.717) is 5.95 Å². The molecule has 0 N–H and O–H groups in total. The fourth-order valence-electron chi connectivity index (χ4n) is 2.58. The first-order valence-corrected chi connectivity index (χ1v) is 7.93. The minimum atomic E-state index is 0.286. The summed E-state index contributed by atoms with van der Waals surface area (Å²) < 4.78 is 0. The Labute approximate surface area is 126 Å². The number of anilines is 2. The third-order valence-electron chi connectivity index (χ3n) is 3.93. The molecule has 0 radical (unpaired) electrons. The van der Waals surface area contributed by atoms with Gasteiger partial charge in [0.2, 0.25) is 17.2 Å². The summed E-state index contributed by atoms with van der Waals surface area (Å²) in [6.45, 7) is 10.2. The van der Waals surface area contributed by atoms with Crippen LogP contribution in [0.4, 0.5) is 11.9 Å². The SMILES string of the molecule is CCN(CC)c1nc(Cl)nc(N2CCCC(C)CC2)n1. The van der Waals surface area contributed by atoms with E-state index < -0.39 is 0 Å². The topological polar surface area (TPSA) is 45.2 Å². The van der Waals surface area contributed by atoms with Crippen molar-refractivity contribution in [1.29, 1.82) is 0 Å². The van der Waals surface area contributed by atoms with E-state index >= 15 is 0 Å². The van der Waals surface area contributed by atoms with Gasteiger partial charge in [-0.2, -0.15) is 15.0 Å². The first kappa shape index (κ1) is 15.3. The number of halogens is 1. The second kappa shape index (κ2) is 7.07.